The zero-order valence-corrected chi connectivity index (χ0v) is 13.7. The molecule has 0 aliphatic rings. The molecule has 2 rings (SSSR count). The molecule has 0 radical (unpaired) electrons. The van der Waals surface area contributed by atoms with E-state index < -0.39 is 6.29 Å². The summed E-state index contributed by atoms with van der Waals surface area (Å²) in [5.41, 5.74) is 1.70. The predicted octanol–water partition coefficient (Wildman–Crippen LogP) is 1.41. The second-order valence-electron chi connectivity index (χ2n) is 5.04. The Balaban J connectivity index is 2.03. The highest BCUT2D eigenvalue weighted by Gasteiger charge is 2.18. The number of methoxy groups -OCH3 is 2. The van der Waals surface area contributed by atoms with Gasteiger partial charge in [0, 0.05) is 32.5 Å². The maximum atomic E-state index is 12.6. The van der Waals surface area contributed by atoms with Crippen LogP contribution in [0, 0.1) is 0 Å². The molecule has 7 nitrogen and oxygen atoms in total. The Morgan fingerprint density at radius 3 is 2.48 bits per heavy atom. The summed E-state index contributed by atoms with van der Waals surface area (Å²) in [5, 5.41) is 7.70. The van der Waals surface area contributed by atoms with Gasteiger partial charge in [-0.3, -0.25) is 4.79 Å². The molecule has 2 aromatic rings. The van der Waals surface area contributed by atoms with Crippen LogP contribution in [0.1, 0.15) is 22.8 Å². The van der Waals surface area contributed by atoms with E-state index in [4.69, 9.17) is 9.47 Å². The van der Waals surface area contributed by atoms with Gasteiger partial charge in [-0.1, -0.05) is 17.3 Å². The van der Waals surface area contributed by atoms with E-state index in [2.05, 4.69) is 10.3 Å². The van der Waals surface area contributed by atoms with Gasteiger partial charge in [-0.15, -0.1) is 5.10 Å². The molecule has 0 saturated carbocycles. The van der Waals surface area contributed by atoms with Crippen LogP contribution in [-0.4, -0.2) is 59.4 Å². The van der Waals surface area contributed by atoms with Crippen LogP contribution >= 0.6 is 0 Å². The molecule has 0 N–H and O–H groups in total. The Hall–Kier alpha value is -2.25. The standard InChI is InChI=1S/C16H22N4O3/c1-4-19(12-15(22-2)23-3)16(21)14-7-5-13(6-8-14)11-20-10-9-17-18-20/h5-10,15H,4,11-12H2,1-3H3. The summed E-state index contributed by atoms with van der Waals surface area (Å²) in [6, 6.07) is 7.50. The number of carbonyl (C=O) groups is 1. The Morgan fingerprint density at radius 1 is 1.26 bits per heavy atom. The molecule has 0 spiro atoms. The minimum Gasteiger partial charge on any atom is -0.354 e. The molecule has 0 aliphatic carbocycles. The average molecular weight is 318 g/mol. The Kier molecular flexibility index (Phi) is 6.25. The monoisotopic (exact) mass is 318 g/mol. The second-order valence-corrected chi connectivity index (χ2v) is 5.04. The number of hydrogen-bond acceptors (Lipinski definition) is 5. The smallest absolute Gasteiger partial charge is 0.254 e. The van der Waals surface area contributed by atoms with Crippen LogP contribution in [0.5, 0.6) is 0 Å². The minimum atomic E-state index is -0.425. The molecule has 1 amide bonds. The van der Waals surface area contributed by atoms with Crippen molar-refractivity contribution < 1.29 is 14.3 Å². The maximum absolute atomic E-state index is 12.6. The highest BCUT2D eigenvalue weighted by atomic mass is 16.7. The maximum Gasteiger partial charge on any atom is 0.254 e. The molecule has 7 heteroatoms. The molecule has 0 saturated heterocycles. The molecule has 1 aromatic carbocycles. The van der Waals surface area contributed by atoms with Crippen molar-refractivity contribution >= 4 is 5.91 Å². The van der Waals surface area contributed by atoms with Crippen LogP contribution < -0.4 is 0 Å². The summed E-state index contributed by atoms with van der Waals surface area (Å²) in [6.07, 6.45) is 3.01. The molecule has 0 fully saturated rings. The summed E-state index contributed by atoms with van der Waals surface area (Å²) < 4.78 is 12.1. The van der Waals surface area contributed by atoms with Crippen LogP contribution in [0.2, 0.25) is 0 Å². The third kappa shape index (κ3) is 4.61. The number of likely N-dealkylation sites (N-methyl/N-ethyl adjacent to an activating group) is 1. The normalized spacial score (nSPS) is 11.0. The molecular weight excluding hydrogens is 296 g/mol. The van der Waals surface area contributed by atoms with Gasteiger partial charge in [0.15, 0.2) is 6.29 Å². The lowest BCUT2D eigenvalue weighted by molar-refractivity contribution is -0.111. The quantitative estimate of drug-likeness (QED) is 0.688. The van der Waals surface area contributed by atoms with Crippen LogP contribution in [0.4, 0.5) is 0 Å². The van der Waals surface area contributed by atoms with Crippen molar-refractivity contribution in [3.63, 3.8) is 0 Å². The second kappa shape index (κ2) is 8.40. The molecule has 0 unspecified atom stereocenters. The Labute approximate surface area is 135 Å². The highest BCUT2D eigenvalue weighted by molar-refractivity contribution is 5.94. The topological polar surface area (TPSA) is 69.5 Å². The van der Waals surface area contributed by atoms with Gasteiger partial charge in [-0.05, 0) is 24.6 Å². The number of aromatic nitrogens is 3. The van der Waals surface area contributed by atoms with Crippen molar-refractivity contribution in [3.05, 3.63) is 47.8 Å². The first-order chi connectivity index (χ1) is 11.2. The zero-order valence-electron chi connectivity index (χ0n) is 13.7. The summed E-state index contributed by atoms with van der Waals surface area (Å²) in [7, 11) is 3.12. The number of rotatable bonds is 8. The number of amides is 1. The largest absolute Gasteiger partial charge is 0.354 e. The Morgan fingerprint density at radius 2 is 1.96 bits per heavy atom. The summed E-state index contributed by atoms with van der Waals surface area (Å²) >= 11 is 0. The van der Waals surface area contributed by atoms with Crippen molar-refractivity contribution in [2.45, 2.75) is 19.8 Å². The molecule has 23 heavy (non-hydrogen) atoms. The highest BCUT2D eigenvalue weighted by Crippen LogP contribution is 2.10. The zero-order chi connectivity index (χ0) is 16.7. The van der Waals surface area contributed by atoms with Gasteiger partial charge in [0.1, 0.15) is 0 Å². The number of ether oxygens (including phenoxy) is 2. The van der Waals surface area contributed by atoms with Gasteiger partial charge in [0.05, 0.1) is 19.3 Å². The molecule has 1 aromatic heterocycles. The van der Waals surface area contributed by atoms with E-state index in [9.17, 15) is 4.79 Å². The van der Waals surface area contributed by atoms with Crippen LogP contribution in [-0.2, 0) is 16.0 Å². The van der Waals surface area contributed by atoms with E-state index in [0.717, 1.165) is 5.56 Å². The van der Waals surface area contributed by atoms with E-state index in [-0.39, 0.29) is 5.91 Å². The first kappa shape index (κ1) is 17.1. The number of nitrogens with zero attached hydrogens (tertiary/aromatic N) is 4. The van der Waals surface area contributed by atoms with Crippen LogP contribution in [0.15, 0.2) is 36.7 Å². The average Bonchev–Trinajstić information content (AvgIpc) is 3.09. The van der Waals surface area contributed by atoms with Crippen molar-refractivity contribution in [1.29, 1.82) is 0 Å². The van der Waals surface area contributed by atoms with Crippen molar-refractivity contribution in [1.82, 2.24) is 19.9 Å². The van der Waals surface area contributed by atoms with E-state index in [1.54, 1.807) is 36.2 Å². The third-order valence-corrected chi connectivity index (χ3v) is 3.58. The minimum absolute atomic E-state index is 0.0427. The van der Waals surface area contributed by atoms with Crippen molar-refractivity contribution in [2.75, 3.05) is 27.3 Å². The molecule has 124 valence electrons. The number of hydrogen-bond donors (Lipinski definition) is 0. The van der Waals surface area contributed by atoms with Crippen molar-refractivity contribution in [2.24, 2.45) is 0 Å². The summed E-state index contributed by atoms with van der Waals surface area (Å²) in [5.74, 6) is -0.0427. The number of carbonyl (C=O) groups excluding carboxylic acids is 1. The van der Waals surface area contributed by atoms with Gasteiger partial charge in [0.25, 0.3) is 5.91 Å². The first-order valence-corrected chi connectivity index (χ1v) is 7.45. The molecule has 0 atom stereocenters. The van der Waals surface area contributed by atoms with E-state index in [1.807, 2.05) is 31.2 Å². The first-order valence-electron chi connectivity index (χ1n) is 7.45. The fourth-order valence-corrected chi connectivity index (χ4v) is 2.22. The fourth-order valence-electron chi connectivity index (χ4n) is 2.22. The summed E-state index contributed by atoms with van der Waals surface area (Å²) in [4.78, 5) is 14.3. The lowest BCUT2D eigenvalue weighted by Gasteiger charge is -2.25. The van der Waals surface area contributed by atoms with Crippen LogP contribution in [0.3, 0.4) is 0 Å². The lowest BCUT2D eigenvalue weighted by atomic mass is 10.1. The van der Waals surface area contributed by atoms with E-state index in [0.29, 0.717) is 25.2 Å². The van der Waals surface area contributed by atoms with E-state index in [1.165, 1.54) is 0 Å². The lowest BCUT2D eigenvalue weighted by Crippen LogP contribution is -2.38. The Bertz CT molecular complexity index is 594. The molecule has 0 bridgehead atoms. The van der Waals surface area contributed by atoms with Gasteiger partial charge in [-0.25, -0.2) is 4.68 Å². The third-order valence-electron chi connectivity index (χ3n) is 3.58. The summed E-state index contributed by atoms with van der Waals surface area (Å²) in [6.45, 7) is 3.53. The van der Waals surface area contributed by atoms with Gasteiger partial charge < -0.3 is 14.4 Å². The van der Waals surface area contributed by atoms with Gasteiger partial charge in [-0.2, -0.15) is 0 Å². The predicted molar refractivity (Wildman–Crippen MR) is 84.9 cm³/mol. The van der Waals surface area contributed by atoms with Crippen LogP contribution in [0.25, 0.3) is 0 Å². The van der Waals surface area contributed by atoms with Gasteiger partial charge in [0.2, 0.25) is 0 Å². The van der Waals surface area contributed by atoms with E-state index >= 15 is 0 Å². The fraction of sp³-hybridized carbons (Fsp3) is 0.438. The number of benzene rings is 1. The SMILES string of the molecule is CCN(CC(OC)OC)C(=O)c1ccc(Cn2ccnn2)cc1. The van der Waals surface area contributed by atoms with Crippen molar-refractivity contribution in [3.8, 4) is 0 Å². The molecular formula is C16H22N4O3. The molecule has 1 heterocycles. The molecule has 0 aliphatic heterocycles. The van der Waals surface area contributed by atoms with Gasteiger partial charge >= 0.3 is 0 Å².